The van der Waals surface area contributed by atoms with E-state index >= 15 is 0 Å². The molecule has 0 amide bonds. The summed E-state index contributed by atoms with van der Waals surface area (Å²) in [5.41, 5.74) is -0.126. The molecule has 0 aromatic rings. The van der Waals surface area contributed by atoms with Crippen molar-refractivity contribution < 1.29 is 13.2 Å². The zero-order valence-corrected chi connectivity index (χ0v) is 14.2. The lowest BCUT2D eigenvalue weighted by Gasteiger charge is -2.51. The van der Waals surface area contributed by atoms with Crippen molar-refractivity contribution in [1.29, 1.82) is 0 Å². The van der Waals surface area contributed by atoms with Crippen molar-refractivity contribution in [2.24, 2.45) is 5.41 Å². The summed E-state index contributed by atoms with van der Waals surface area (Å²) in [6.45, 7) is 11.6. The number of hydrogen-bond donors (Lipinski definition) is 2. The van der Waals surface area contributed by atoms with E-state index in [4.69, 9.17) is 4.74 Å². The first-order valence-corrected chi connectivity index (χ1v) is 9.19. The quantitative estimate of drug-likeness (QED) is 0.634. The molecule has 1 saturated carbocycles. The Morgan fingerprint density at radius 2 is 2.00 bits per heavy atom. The smallest absolute Gasteiger partial charge is 0.211 e. The average molecular weight is 306 g/mol. The Labute approximate surface area is 123 Å². The predicted molar refractivity (Wildman–Crippen MR) is 82.3 cm³/mol. The summed E-state index contributed by atoms with van der Waals surface area (Å²) in [5.74, 6) is 0.179. The molecule has 1 aliphatic rings. The zero-order chi connectivity index (χ0) is 15.4. The molecule has 2 N–H and O–H groups in total. The molecular formula is C14H30N2O3S. The topological polar surface area (TPSA) is 67.4 Å². The first kappa shape index (κ1) is 17.9. The largest absolute Gasteiger partial charge is 0.378 e. The van der Waals surface area contributed by atoms with Crippen LogP contribution in [0.15, 0.2) is 0 Å². The summed E-state index contributed by atoms with van der Waals surface area (Å²) in [6.07, 6.45) is 1.56. The van der Waals surface area contributed by atoms with Gasteiger partial charge in [0.05, 0.1) is 11.9 Å². The number of nitrogens with one attached hydrogen (secondary N) is 2. The van der Waals surface area contributed by atoms with Crippen molar-refractivity contribution >= 4 is 10.0 Å². The van der Waals surface area contributed by atoms with E-state index in [-0.39, 0.29) is 23.3 Å². The van der Waals surface area contributed by atoms with Gasteiger partial charge in [-0.15, -0.1) is 0 Å². The molecule has 0 radical (unpaired) electrons. The van der Waals surface area contributed by atoms with Crippen LogP contribution in [0, 0.1) is 5.41 Å². The standard InChI is InChI=1S/C14H30N2O3S/c1-6-19-13-10-12(14(13,4)5)16-20(17,18)9-7-8-15-11(2)3/h11-13,15-16H,6-10H2,1-5H3. The molecule has 1 aliphatic carbocycles. The minimum Gasteiger partial charge on any atom is -0.378 e. The number of hydrogen-bond acceptors (Lipinski definition) is 4. The molecule has 6 heteroatoms. The summed E-state index contributed by atoms with van der Waals surface area (Å²) < 4.78 is 32.5. The van der Waals surface area contributed by atoms with Crippen LogP contribution in [0.4, 0.5) is 0 Å². The Morgan fingerprint density at radius 1 is 1.35 bits per heavy atom. The van der Waals surface area contributed by atoms with Crippen molar-refractivity contribution in [3.05, 3.63) is 0 Å². The monoisotopic (exact) mass is 306 g/mol. The van der Waals surface area contributed by atoms with Crippen molar-refractivity contribution in [2.75, 3.05) is 18.9 Å². The third kappa shape index (κ3) is 4.98. The second-order valence-electron chi connectivity index (χ2n) is 6.45. The fourth-order valence-electron chi connectivity index (χ4n) is 2.50. The Morgan fingerprint density at radius 3 is 2.50 bits per heavy atom. The van der Waals surface area contributed by atoms with Gasteiger partial charge in [0.2, 0.25) is 10.0 Å². The van der Waals surface area contributed by atoms with E-state index in [0.29, 0.717) is 19.1 Å². The Balaban J connectivity index is 2.36. The molecule has 5 nitrogen and oxygen atoms in total. The van der Waals surface area contributed by atoms with Gasteiger partial charge in [0.1, 0.15) is 0 Å². The molecule has 0 spiro atoms. The molecule has 2 atom stereocenters. The second-order valence-corrected chi connectivity index (χ2v) is 8.33. The van der Waals surface area contributed by atoms with Gasteiger partial charge in [-0.25, -0.2) is 13.1 Å². The predicted octanol–water partition coefficient (Wildman–Crippen LogP) is 1.50. The van der Waals surface area contributed by atoms with Crippen LogP contribution in [0.5, 0.6) is 0 Å². The molecule has 0 heterocycles. The first-order chi connectivity index (χ1) is 9.19. The molecule has 120 valence electrons. The normalized spacial score (nSPS) is 25.7. The molecule has 0 bridgehead atoms. The van der Waals surface area contributed by atoms with Crippen LogP contribution in [0.1, 0.15) is 47.5 Å². The lowest BCUT2D eigenvalue weighted by Crippen LogP contribution is -2.62. The van der Waals surface area contributed by atoms with Gasteiger partial charge in [0, 0.05) is 24.1 Å². The maximum atomic E-state index is 12.1. The molecule has 0 aromatic carbocycles. The van der Waals surface area contributed by atoms with Gasteiger partial charge in [-0.05, 0) is 26.3 Å². The summed E-state index contributed by atoms with van der Waals surface area (Å²) >= 11 is 0. The van der Waals surface area contributed by atoms with Crippen molar-refractivity contribution in [1.82, 2.24) is 10.0 Å². The van der Waals surface area contributed by atoms with Gasteiger partial charge < -0.3 is 10.1 Å². The van der Waals surface area contributed by atoms with Crippen molar-refractivity contribution in [2.45, 2.75) is 65.6 Å². The Bertz CT molecular complexity index is 393. The van der Waals surface area contributed by atoms with Crippen molar-refractivity contribution in [3.63, 3.8) is 0 Å². The first-order valence-electron chi connectivity index (χ1n) is 7.54. The summed E-state index contributed by atoms with van der Waals surface area (Å²) in [6, 6.07) is 0.380. The zero-order valence-electron chi connectivity index (χ0n) is 13.4. The fourth-order valence-corrected chi connectivity index (χ4v) is 3.97. The van der Waals surface area contributed by atoms with Crippen LogP contribution < -0.4 is 10.0 Å². The molecule has 0 aromatic heterocycles. The Hall–Kier alpha value is -0.170. The van der Waals surface area contributed by atoms with E-state index in [1.807, 2.05) is 6.92 Å². The van der Waals surface area contributed by atoms with E-state index in [2.05, 4.69) is 37.7 Å². The molecule has 2 unspecified atom stereocenters. The summed E-state index contributed by atoms with van der Waals surface area (Å²) in [7, 11) is -3.19. The van der Waals surface area contributed by atoms with Gasteiger partial charge >= 0.3 is 0 Å². The molecule has 0 saturated heterocycles. The second kappa shape index (κ2) is 7.20. The van der Waals surface area contributed by atoms with Crippen LogP contribution in [0.3, 0.4) is 0 Å². The minimum atomic E-state index is -3.19. The van der Waals surface area contributed by atoms with Gasteiger partial charge in [-0.2, -0.15) is 0 Å². The summed E-state index contributed by atoms with van der Waals surface area (Å²) in [5, 5.41) is 3.23. The fraction of sp³-hybridized carbons (Fsp3) is 1.00. The van der Waals surface area contributed by atoms with E-state index in [0.717, 1.165) is 13.0 Å². The van der Waals surface area contributed by atoms with E-state index in [9.17, 15) is 8.42 Å². The molecule has 1 fully saturated rings. The van der Waals surface area contributed by atoms with Crippen molar-refractivity contribution in [3.8, 4) is 0 Å². The average Bonchev–Trinajstić information content (AvgIpc) is 2.33. The SMILES string of the molecule is CCOC1CC(NS(=O)(=O)CCCNC(C)C)C1(C)C. The van der Waals surface area contributed by atoms with Crippen LogP contribution in [-0.2, 0) is 14.8 Å². The molecule has 1 rings (SSSR count). The maximum absolute atomic E-state index is 12.1. The van der Waals surface area contributed by atoms with Gasteiger partial charge in [0.15, 0.2) is 0 Å². The highest BCUT2D eigenvalue weighted by Crippen LogP contribution is 2.43. The lowest BCUT2D eigenvalue weighted by molar-refractivity contribution is -0.108. The van der Waals surface area contributed by atoms with Crippen LogP contribution in [0.25, 0.3) is 0 Å². The molecule has 0 aliphatic heterocycles. The third-order valence-corrected chi connectivity index (χ3v) is 5.48. The third-order valence-electron chi connectivity index (χ3n) is 4.01. The highest BCUT2D eigenvalue weighted by atomic mass is 32.2. The Kier molecular flexibility index (Phi) is 6.44. The highest BCUT2D eigenvalue weighted by Gasteiger charge is 2.50. The van der Waals surface area contributed by atoms with Crippen LogP contribution in [0.2, 0.25) is 0 Å². The molecular weight excluding hydrogens is 276 g/mol. The number of ether oxygens (including phenoxy) is 1. The van der Waals surface area contributed by atoms with E-state index in [1.54, 1.807) is 0 Å². The van der Waals surface area contributed by atoms with E-state index < -0.39 is 10.0 Å². The maximum Gasteiger partial charge on any atom is 0.211 e. The minimum absolute atomic E-state index is 0.0119. The lowest BCUT2D eigenvalue weighted by atomic mass is 9.65. The highest BCUT2D eigenvalue weighted by molar-refractivity contribution is 7.89. The molecule has 20 heavy (non-hydrogen) atoms. The van der Waals surface area contributed by atoms with E-state index in [1.165, 1.54) is 0 Å². The van der Waals surface area contributed by atoms with Gasteiger partial charge in [-0.3, -0.25) is 0 Å². The van der Waals surface area contributed by atoms with Gasteiger partial charge in [-0.1, -0.05) is 27.7 Å². The number of rotatable bonds is 9. The number of sulfonamides is 1. The van der Waals surface area contributed by atoms with Crippen LogP contribution >= 0.6 is 0 Å². The summed E-state index contributed by atoms with van der Waals surface area (Å²) in [4.78, 5) is 0. The van der Waals surface area contributed by atoms with Crippen LogP contribution in [-0.4, -0.2) is 45.5 Å². The van der Waals surface area contributed by atoms with Gasteiger partial charge in [0.25, 0.3) is 0 Å².